The first kappa shape index (κ1) is 14.3. The molecule has 108 valence electrons. The van der Waals surface area contributed by atoms with Crippen LogP contribution in [0.25, 0.3) is 0 Å². The molecule has 0 bridgehead atoms. The molecule has 0 amide bonds. The molecule has 1 heterocycles. The molecule has 1 aliphatic carbocycles. The number of halogens is 3. The second-order valence-corrected chi connectivity index (χ2v) is 4.49. The molecule has 1 aliphatic rings. The Balaban J connectivity index is 1.59. The van der Waals surface area contributed by atoms with E-state index in [2.05, 4.69) is 20.3 Å². The van der Waals surface area contributed by atoms with Crippen molar-refractivity contribution in [1.29, 1.82) is 0 Å². The lowest BCUT2D eigenvalue weighted by atomic mass is 10.4. The molecule has 0 saturated heterocycles. The molecule has 0 aliphatic heterocycles. The minimum absolute atomic E-state index is 0.0819. The zero-order chi connectivity index (χ0) is 13.7. The van der Waals surface area contributed by atoms with Crippen molar-refractivity contribution < 1.29 is 22.3 Å². The number of aromatic nitrogens is 2. The SMILES string of the molecule is FC(F)(F)COCCc1nnc(CCNC2CC2)o1. The molecule has 5 nitrogen and oxygen atoms in total. The number of alkyl halides is 3. The third-order valence-electron chi connectivity index (χ3n) is 2.58. The Morgan fingerprint density at radius 1 is 1.21 bits per heavy atom. The number of ether oxygens (including phenoxy) is 1. The Hall–Kier alpha value is -1.15. The van der Waals surface area contributed by atoms with E-state index in [-0.39, 0.29) is 13.0 Å². The van der Waals surface area contributed by atoms with Gasteiger partial charge in [0, 0.05) is 25.4 Å². The number of nitrogens with zero attached hydrogens (tertiary/aromatic N) is 2. The van der Waals surface area contributed by atoms with Gasteiger partial charge in [0.05, 0.1) is 6.61 Å². The molecule has 1 saturated carbocycles. The largest absolute Gasteiger partial charge is 0.425 e. The van der Waals surface area contributed by atoms with Gasteiger partial charge in [-0.15, -0.1) is 10.2 Å². The highest BCUT2D eigenvalue weighted by Gasteiger charge is 2.27. The van der Waals surface area contributed by atoms with Crippen molar-refractivity contribution >= 4 is 0 Å². The quantitative estimate of drug-likeness (QED) is 0.730. The predicted molar refractivity (Wildman–Crippen MR) is 59.6 cm³/mol. The van der Waals surface area contributed by atoms with Crippen LogP contribution < -0.4 is 5.32 Å². The first-order chi connectivity index (χ1) is 9.03. The summed E-state index contributed by atoms with van der Waals surface area (Å²) in [5, 5.41) is 10.9. The minimum atomic E-state index is -4.30. The van der Waals surface area contributed by atoms with Gasteiger partial charge in [-0.3, -0.25) is 0 Å². The van der Waals surface area contributed by atoms with Crippen molar-refractivity contribution in [1.82, 2.24) is 15.5 Å². The molecule has 0 aromatic carbocycles. The van der Waals surface area contributed by atoms with Gasteiger partial charge >= 0.3 is 6.18 Å². The third-order valence-corrected chi connectivity index (χ3v) is 2.58. The van der Waals surface area contributed by atoms with Gasteiger partial charge < -0.3 is 14.5 Å². The normalized spacial score (nSPS) is 15.9. The molecule has 8 heteroatoms. The topological polar surface area (TPSA) is 60.2 Å². The van der Waals surface area contributed by atoms with E-state index in [1.807, 2.05) is 0 Å². The van der Waals surface area contributed by atoms with Crippen molar-refractivity contribution in [3.8, 4) is 0 Å². The summed E-state index contributed by atoms with van der Waals surface area (Å²) in [5.74, 6) is 0.808. The van der Waals surface area contributed by atoms with Crippen molar-refractivity contribution in [2.75, 3.05) is 19.8 Å². The molecule has 19 heavy (non-hydrogen) atoms. The Kier molecular flexibility index (Phi) is 4.76. The molecule has 2 rings (SSSR count). The molecular formula is C11H16F3N3O2. The highest BCUT2D eigenvalue weighted by Crippen LogP contribution is 2.18. The fraction of sp³-hybridized carbons (Fsp3) is 0.818. The summed E-state index contributed by atoms with van der Waals surface area (Å²) < 4.78 is 45.2. The van der Waals surface area contributed by atoms with E-state index in [1.54, 1.807) is 0 Å². The summed E-state index contributed by atoms with van der Waals surface area (Å²) in [6, 6.07) is 0.623. The summed E-state index contributed by atoms with van der Waals surface area (Å²) >= 11 is 0. The van der Waals surface area contributed by atoms with Gasteiger partial charge in [-0.1, -0.05) is 0 Å². The smallest absolute Gasteiger partial charge is 0.411 e. The molecule has 0 radical (unpaired) electrons. The maximum atomic E-state index is 11.8. The van der Waals surface area contributed by atoms with Crippen LogP contribution in [0.5, 0.6) is 0 Å². The van der Waals surface area contributed by atoms with Crippen LogP contribution in [0.2, 0.25) is 0 Å². The van der Waals surface area contributed by atoms with E-state index in [0.717, 1.165) is 6.54 Å². The summed E-state index contributed by atoms with van der Waals surface area (Å²) in [4.78, 5) is 0. The molecule has 0 unspecified atom stereocenters. The lowest BCUT2D eigenvalue weighted by Gasteiger charge is -2.05. The highest BCUT2D eigenvalue weighted by atomic mass is 19.4. The van der Waals surface area contributed by atoms with Gasteiger partial charge in [0.2, 0.25) is 11.8 Å². The zero-order valence-corrected chi connectivity index (χ0v) is 10.4. The summed E-state index contributed by atoms with van der Waals surface area (Å²) in [7, 11) is 0. The summed E-state index contributed by atoms with van der Waals surface area (Å²) in [6.07, 6.45) is -1.04. The van der Waals surface area contributed by atoms with Crippen molar-refractivity contribution in [3.05, 3.63) is 11.8 Å². The molecular weight excluding hydrogens is 263 g/mol. The maximum Gasteiger partial charge on any atom is 0.411 e. The van der Waals surface area contributed by atoms with Gasteiger partial charge in [0.15, 0.2) is 0 Å². The maximum absolute atomic E-state index is 11.8. The molecule has 1 aromatic rings. The second kappa shape index (κ2) is 6.33. The Bertz CT molecular complexity index is 391. The number of hydrogen-bond donors (Lipinski definition) is 1. The highest BCUT2D eigenvalue weighted by molar-refractivity contribution is 4.86. The van der Waals surface area contributed by atoms with Crippen LogP contribution in [0.15, 0.2) is 4.42 Å². The minimum Gasteiger partial charge on any atom is -0.425 e. The van der Waals surface area contributed by atoms with E-state index < -0.39 is 12.8 Å². The average molecular weight is 279 g/mol. The molecule has 0 atom stereocenters. The van der Waals surface area contributed by atoms with Crippen LogP contribution in [0.1, 0.15) is 24.6 Å². The van der Waals surface area contributed by atoms with Gasteiger partial charge in [0.25, 0.3) is 0 Å². The van der Waals surface area contributed by atoms with Crippen LogP contribution in [-0.2, 0) is 17.6 Å². The van der Waals surface area contributed by atoms with E-state index in [4.69, 9.17) is 4.42 Å². The van der Waals surface area contributed by atoms with Crippen LogP contribution in [0.4, 0.5) is 13.2 Å². The summed E-state index contributed by atoms with van der Waals surface area (Å²) in [5.41, 5.74) is 0. The first-order valence-electron chi connectivity index (χ1n) is 6.22. The number of hydrogen-bond acceptors (Lipinski definition) is 5. The lowest BCUT2D eigenvalue weighted by Crippen LogP contribution is -2.19. The van der Waals surface area contributed by atoms with Crippen LogP contribution in [0.3, 0.4) is 0 Å². The van der Waals surface area contributed by atoms with Crippen molar-refractivity contribution in [3.63, 3.8) is 0 Å². The fourth-order valence-electron chi connectivity index (χ4n) is 1.51. The van der Waals surface area contributed by atoms with E-state index in [9.17, 15) is 13.2 Å². The standard InChI is InChI=1S/C11H16F3N3O2/c12-11(13,14)7-18-6-4-10-17-16-9(19-10)3-5-15-8-1-2-8/h8,15H,1-7H2. The Labute approximate surface area is 108 Å². The molecule has 1 N–H and O–H groups in total. The monoisotopic (exact) mass is 279 g/mol. The van der Waals surface area contributed by atoms with E-state index >= 15 is 0 Å². The Morgan fingerprint density at radius 2 is 1.89 bits per heavy atom. The predicted octanol–water partition coefficient (Wildman–Crippen LogP) is 1.49. The van der Waals surface area contributed by atoms with E-state index in [0.29, 0.717) is 24.2 Å². The van der Waals surface area contributed by atoms with E-state index in [1.165, 1.54) is 12.8 Å². The Morgan fingerprint density at radius 3 is 2.53 bits per heavy atom. The van der Waals surface area contributed by atoms with Gasteiger partial charge in [-0.05, 0) is 12.8 Å². The molecule has 1 fully saturated rings. The van der Waals surface area contributed by atoms with Gasteiger partial charge in [-0.25, -0.2) is 0 Å². The fourth-order valence-corrected chi connectivity index (χ4v) is 1.51. The summed E-state index contributed by atoms with van der Waals surface area (Å²) in [6.45, 7) is -0.558. The number of nitrogens with one attached hydrogen (secondary N) is 1. The second-order valence-electron chi connectivity index (χ2n) is 4.49. The molecule has 1 aromatic heterocycles. The van der Waals surface area contributed by atoms with Gasteiger partial charge in [-0.2, -0.15) is 13.2 Å². The van der Waals surface area contributed by atoms with Crippen LogP contribution >= 0.6 is 0 Å². The average Bonchev–Trinajstić information content (AvgIpc) is 3.03. The van der Waals surface area contributed by atoms with Crippen molar-refractivity contribution in [2.45, 2.75) is 37.9 Å². The zero-order valence-electron chi connectivity index (χ0n) is 10.4. The van der Waals surface area contributed by atoms with Crippen LogP contribution in [-0.4, -0.2) is 42.2 Å². The lowest BCUT2D eigenvalue weighted by molar-refractivity contribution is -0.173. The van der Waals surface area contributed by atoms with Gasteiger partial charge in [0.1, 0.15) is 6.61 Å². The van der Waals surface area contributed by atoms with Crippen LogP contribution in [0, 0.1) is 0 Å². The van der Waals surface area contributed by atoms with Crippen molar-refractivity contribution in [2.24, 2.45) is 0 Å². The molecule has 0 spiro atoms. The number of rotatable bonds is 8. The first-order valence-corrected chi connectivity index (χ1v) is 6.22. The third kappa shape index (κ3) is 6.02.